The Labute approximate surface area is 181 Å². The molecule has 0 saturated carbocycles. The zero-order valence-electron chi connectivity index (χ0n) is 17.9. The summed E-state index contributed by atoms with van der Waals surface area (Å²) in [5.74, 6) is 0.427. The number of hydrogen-bond acceptors (Lipinski definition) is 6. The number of nitro groups is 1. The summed E-state index contributed by atoms with van der Waals surface area (Å²) in [6.45, 7) is 6.43. The molecule has 0 radical (unpaired) electrons. The highest BCUT2D eigenvalue weighted by Crippen LogP contribution is 2.33. The maximum atomic E-state index is 11.8. The number of rotatable bonds is 8. The lowest BCUT2D eigenvalue weighted by molar-refractivity contribution is -0.384. The van der Waals surface area contributed by atoms with Crippen molar-refractivity contribution in [3.63, 3.8) is 0 Å². The van der Waals surface area contributed by atoms with Gasteiger partial charge in [0.2, 0.25) is 12.2 Å². The number of benzene rings is 2. The number of carbonyl (C=O) groups is 1. The van der Waals surface area contributed by atoms with E-state index >= 15 is 0 Å². The number of nitrogens with one attached hydrogen (secondary N) is 1. The van der Waals surface area contributed by atoms with Crippen LogP contribution in [0.2, 0.25) is 0 Å². The summed E-state index contributed by atoms with van der Waals surface area (Å²) in [5, 5.41) is 13.8. The van der Waals surface area contributed by atoms with Crippen molar-refractivity contribution in [2.24, 2.45) is 11.8 Å². The lowest BCUT2D eigenvalue weighted by Gasteiger charge is -2.44. The van der Waals surface area contributed by atoms with E-state index in [-0.39, 0.29) is 35.6 Å². The zero-order chi connectivity index (χ0) is 22.4. The second-order valence-corrected chi connectivity index (χ2v) is 7.86. The lowest BCUT2D eigenvalue weighted by atomic mass is 9.82. The molecule has 1 aliphatic rings. The highest BCUT2D eigenvalue weighted by atomic mass is 16.7. The van der Waals surface area contributed by atoms with Crippen LogP contribution in [-0.2, 0) is 20.9 Å². The molecule has 0 aliphatic carbocycles. The van der Waals surface area contributed by atoms with Gasteiger partial charge in [0.25, 0.3) is 5.69 Å². The standard InChI is InChI=1S/C23H28N2O6/c1-15-16(2)22(24-17(3)26)23(30-20-11-9-19(10-12-20)25(27)28)31-21(15)14-29-13-18-7-5-4-6-8-18/h4-12,15-16,21-23H,13-14H2,1-3H3,(H,24,26)/t15-,16-,21?,22?,23+/m0/s1. The molecule has 2 aromatic carbocycles. The van der Waals surface area contributed by atoms with E-state index in [0.717, 1.165) is 5.56 Å². The van der Waals surface area contributed by atoms with Crippen molar-refractivity contribution in [2.45, 2.75) is 45.8 Å². The number of ether oxygens (including phenoxy) is 3. The van der Waals surface area contributed by atoms with Gasteiger partial charge in [0.05, 0.1) is 30.3 Å². The van der Waals surface area contributed by atoms with Crippen molar-refractivity contribution in [1.29, 1.82) is 0 Å². The molecule has 31 heavy (non-hydrogen) atoms. The molecular formula is C23H28N2O6. The van der Waals surface area contributed by atoms with E-state index in [9.17, 15) is 14.9 Å². The van der Waals surface area contributed by atoms with E-state index in [1.807, 2.05) is 37.3 Å². The molecule has 1 amide bonds. The van der Waals surface area contributed by atoms with Gasteiger partial charge in [-0.3, -0.25) is 14.9 Å². The Balaban J connectivity index is 1.69. The second kappa shape index (κ2) is 10.4. The topological polar surface area (TPSA) is 99.9 Å². The van der Waals surface area contributed by atoms with Gasteiger partial charge in [-0.05, 0) is 29.5 Å². The first-order valence-corrected chi connectivity index (χ1v) is 10.3. The van der Waals surface area contributed by atoms with E-state index in [0.29, 0.717) is 19.0 Å². The average molecular weight is 428 g/mol. The van der Waals surface area contributed by atoms with Crippen LogP contribution >= 0.6 is 0 Å². The summed E-state index contributed by atoms with van der Waals surface area (Å²) >= 11 is 0. The van der Waals surface area contributed by atoms with E-state index in [4.69, 9.17) is 14.2 Å². The Morgan fingerprint density at radius 1 is 1.10 bits per heavy atom. The maximum absolute atomic E-state index is 11.8. The Morgan fingerprint density at radius 2 is 1.77 bits per heavy atom. The highest BCUT2D eigenvalue weighted by molar-refractivity contribution is 5.73. The van der Waals surface area contributed by atoms with Crippen LogP contribution in [0.3, 0.4) is 0 Å². The Morgan fingerprint density at radius 3 is 2.39 bits per heavy atom. The highest BCUT2D eigenvalue weighted by Gasteiger charge is 2.43. The number of nitro benzene ring substituents is 1. The first kappa shape index (κ1) is 22.7. The van der Waals surface area contributed by atoms with Gasteiger partial charge in [-0.2, -0.15) is 0 Å². The zero-order valence-corrected chi connectivity index (χ0v) is 17.9. The van der Waals surface area contributed by atoms with Crippen LogP contribution in [0.4, 0.5) is 5.69 Å². The fourth-order valence-electron chi connectivity index (χ4n) is 3.67. The van der Waals surface area contributed by atoms with Crippen LogP contribution < -0.4 is 10.1 Å². The van der Waals surface area contributed by atoms with Gasteiger partial charge < -0.3 is 19.5 Å². The van der Waals surface area contributed by atoms with Crippen molar-refractivity contribution in [1.82, 2.24) is 5.32 Å². The molecule has 1 heterocycles. The summed E-state index contributed by atoms with van der Waals surface area (Å²) in [6.07, 6.45) is -0.978. The van der Waals surface area contributed by atoms with Gasteiger partial charge in [0, 0.05) is 19.1 Å². The smallest absolute Gasteiger partial charge is 0.269 e. The molecule has 2 unspecified atom stereocenters. The monoisotopic (exact) mass is 428 g/mol. The van der Waals surface area contributed by atoms with Gasteiger partial charge in [-0.15, -0.1) is 0 Å². The maximum Gasteiger partial charge on any atom is 0.269 e. The molecule has 166 valence electrons. The van der Waals surface area contributed by atoms with Crippen LogP contribution in [0, 0.1) is 22.0 Å². The molecule has 1 saturated heterocycles. The van der Waals surface area contributed by atoms with E-state index in [2.05, 4.69) is 12.2 Å². The van der Waals surface area contributed by atoms with Crippen molar-refractivity contribution in [2.75, 3.05) is 6.61 Å². The minimum absolute atomic E-state index is 0.0236. The van der Waals surface area contributed by atoms with E-state index < -0.39 is 11.2 Å². The largest absolute Gasteiger partial charge is 0.463 e. The molecular weight excluding hydrogens is 400 g/mol. The molecule has 1 N–H and O–H groups in total. The Hall–Kier alpha value is -2.97. The molecule has 1 fully saturated rings. The van der Waals surface area contributed by atoms with Crippen LogP contribution in [0.5, 0.6) is 5.75 Å². The van der Waals surface area contributed by atoms with Crippen molar-refractivity contribution in [3.05, 3.63) is 70.3 Å². The van der Waals surface area contributed by atoms with Crippen LogP contribution in [0.25, 0.3) is 0 Å². The fourth-order valence-corrected chi connectivity index (χ4v) is 3.67. The molecule has 8 heteroatoms. The Kier molecular flexibility index (Phi) is 7.59. The fraction of sp³-hybridized carbons (Fsp3) is 0.435. The van der Waals surface area contributed by atoms with E-state index in [1.54, 1.807) is 0 Å². The minimum atomic E-state index is -0.748. The van der Waals surface area contributed by atoms with Crippen LogP contribution in [0.1, 0.15) is 26.3 Å². The number of hydrogen-bond donors (Lipinski definition) is 1. The molecule has 3 rings (SSSR count). The summed E-state index contributed by atoms with van der Waals surface area (Å²) in [7, 11) is 0. The summed E-state index contributed by atoms with van der Waals surface area (Å²) in [6, 6.07) is 15.3. The minimum Gasteiger partial charge on any atom is -0.463 e. The first-order valence-electron chi connectivity index (χ1n) is 10.3. The molecule has 5 atom stereocenters. The van der Waals surface area contributed by atoms with Crippen molar-refractivity contribution < 1.29 is 23.9 Å². The van der Waals surface area contributed by atoms with Gasteiger partial charge in [-0.1, -0.05) is 44.2 Å². The average Bonchev–Trinajstić information content (AvgIpc) is 2.75. The molecule has 0 aromatic heterocycles. The third-order valence-corrected chi connectivity index (χ3v) is 5.65. The molecule has 8 nitrogen and oxygen atoms in total. The van der Waals surface area contributed by atoms with Gasteiger partial charge in [0.15, 0.2) is 0 Å². The number of amides is 1. The first-order chi connectivity index (χ1) is 14.8. The molecule has 0 bridgehead atoms. The second-order valence-electron chi connectivity index (χ2n) is 7.86. The number of carbonyl (C=O) groups excluding carboxylic acids is 1. The number of non-ortho nitro benzene ring substituents is 1. The Bertz CT molecular complexity index is 873. The SMILES string of the molecule is CC(=O)NC1[C@H](Oc2ccc([N+](=O)[O-])cc2)OC(COCc2ccccc2)[C@@H](C)[C@@H]1C. The summed E-state index contributed by atoms with van der Waals surface area (Å²) in [4.78, 5) is 22.2. The predicted octanol–water partition coefficient (Wildman–Crippen LogP) is 3.69. The van der Waals surface area contributed by atoms with Gasteiger partial charge >= 0.3 is 0 Å². The summed E-state index contributed by atoms with van der Waals surface area (Å²) < 4.78 is 18.1. The van der Waals surface area contributed by atoms with Gasteiger partial charge in [0.1, 0.15) is 5.75 Å². The number of nitrogens with zero attached hydrogens (tertiary/aromatic N) is 1. The lowest BCUT2D eigenvalue weighted by Crippen LogP contribution is -2.59. The van der Waals surface area contributed by atoms with Crippen LogP contribution in [0.15, 0.2) is 54.6 Å². The summed E-state index contributed by atoms with van der Waals surface area (Å²) in [5.41, 5.74) is 1.05. The molecule has 1 aliphatic heterocycles. The van der Waals surface area contributed by atoms with Crippen molar-refractivity contribution in [3.8, 4) is 5.75 Å². The van der Waals surface area contributed by atoms with E-state index in [1.165, 1.54) is 31.2 Å². The third-order valence-electron chi connectivity index (χ3n) is 5.65. The van der Waals surface area contributed by atoms with Crippen LogP contribution in [-0.4, -0.2) is 35.9 Å². The van der Waals surface area contributed by atoms with Crippen molar-refractivity contribution >= 4 is 11.6 Å². The molecule has 2 aromatic rings. The molecule has 0 spiro atoms. The predicted molar refractivity (Wildman–Crippen MR) is 114 cm³/mol. The normalized spacial score (nSPS) is 25.6. The third kappa shape index (κ3) is 6.02. The quantitative estimate of drug-likeness (QED) is 0.508. The van der Waals surface area contributed by atoms with Gasteiger partial charge in [-0.25, -0.2) is 0 Å².